The average molecular weight is 222 g/mol. The highest BCUT2D eigenvalue weighted by molar-refractivity contribution is 5.91. The molecule has 0 saturated heterocycles. The van der Waals surface area contributed by atoms with Crippen LogP contribution in [0.4, 0.5) is 0 Å². The van der Waals surface area contributed by atoms with Crippen LogP contribution in [0.2, 0.25) is 0 Å². The highest BCUT2D eigenvalue weighted by Gasteiger charge is 2.38. The molecule has 0 amide bonds. The Labute approximate surface area is 95.4 Å². The van der Waals surface area contributed by atoms with E-state index in [2.05, 4.69) is 0 Å². The lowest BCUT2D eigenvalue weighted by atomic mass is 9.71. The fourth-order valence-corrected chi connectivity index (χ4v) is 2.02. The van der Waals surface area contributed by atoms with Gasteiger partial charge in [-0.05, 0) is 19.8 Å². The van der Waals surface area contributed by atoms with E-state index in [4.69, 9.17) is 11.5 Å². The third kappa shape index (κ3) is 2.65. The minimum Gasteiger partial charge on any atom is -0.322 e. The molecule has 0 spiro atoms. The summed E-state index contributed by atoms with van der Waals surface area (Å²) < 4.78 is 0. The molecular formula is C12H18N2O2. The lowest BCUT2D eigenvalue weighted by Crippen LogP contribution is -2.44. The van der Waals surface area contributed by atoms with Crippen LogP contribution in [-0.4, -0.2) is 24.2 Å². The topological polar surface area (TPSA) is 86.2 Å². The number of carbonyl (C=O) groups excluding carboxylic acids is 2. The molecule has 0 radical (unpaired) electrons. The first-order valence-electron chi connectivity index (χ1n) is 5.37. The summed E-state index contributed by atoms with van der Waals surface area (Å²) in [5.74, 6) is -0.0644. The Morgan fingerprint density at radius 2 is 2.19 bits per heavy atom. The number of hydrogen-bond acceptors (Lipinski definition) is 4. The molecule has 4 heteroatoms. The van der Waals surface area contributed by atoms with Gasteiger partial charge in [-0.15, -0.1) is 0 Å². The molecule has 0 bridgehead atoms. The molecule has 0 aromatic carbocycles. The summed E-state index contributed by atoms with van der Waals surface area (Å²) in [4.78, 5) is 22.7. The van der Waals surface area contributed by atoms with E-state index in [0.717, 1.165) is 0 Å². The molecule has 88 valence electrons. The van der Waals surface area contributed by atoms with Crippen molar-refractivity contribution in [2.24, 2.45) is 16.9 Å². The van der Waals surface area contributed by atoms with Crippen molar-refractivity contribution < 1.29 is 9.59 Å². The summed E-state index contributed by atoms with van der Waals surface area (Å²) in [6, 6.07) is -1.17. The molecule has 1 aliphatic carbocycles. The SMILES string of the molecule is C[C@H](N)C(=O)C1(C[C@H](N)C=O)C=CC=CC1. The van der Waals surface area contributed by atoms with Gasteiger partial charge < -0.3 is 16.3 Å². The van der Waals surface area contributed by atoms with Gasteiger partial charge in [-0.2, -0.15) is 0 Å². The molecule has 0 fully saturated rings. The fraction of sp³-hybridized carbons (Fsp3) is 0.500. The number of ketones is 1. The summed E-state index contributed by atoms with van der Waals surface area (Å²) >= 11 is 0. The minimum absolute atomic E-state index is 0.0644. The van der Waals surface area contributed by atoms with Crippen LogP contribution in [0.5, 0.6) is 0 Å². The van der Waals surface area contributed by atoms with Gasteiger partial charge in [0.1, 0.15) is 6.29 Å². The molecule has 0 aliphatic heterocycles. The number of carbonyl (C=O) groups is 2. The lowest BCUT2D eigenvalue weighted by molar-refractivity contribution is -0.128. The summed E-state index contributed by atoms with van der Waals surface area (Å²) in [5.41, 5.74) is 10.5. The lowest BCUT2D eigenvalue weighted by Gasteiger charge is -2.32. The summed E-state index contributed by atoms with van der Waals surface area (Å²) in [6.07, 6.45) is 8.94. The van der Waals surface area contributed by atoms with E-state index >= 15 is 0 Å². The molecule has 1 rings (SSSR count). The summed E-state index contributed by atoms with van der Waals surface area (Å²) in [7, 11) is 0. The minimum atomic E-state index is -0.705. The van der Waals surface area contributed by atoms with Crippen LogP contribution in [0.15, 0.2) is 24.3 Å². The van der Waals surface area contributed by atoms with Crippen molar-refractivity contribution in [3.63, 3.8) is 0 Å². The van der Waals surface area contributed by atoms with Crippen LogP contribution >= 0.6 is 0 Å². The Hall–Kier alpha value is -1.26. The third-order valence-corrected chi connectivity index (χ3v) is 2.82. The van der Waals surface area contributed by atoms with Gasteiger partial charge in [0.15, 0.2) is 5.78 Å². The number of rotatable bonds is 5. The molecular weight excluding hydrogens is 204 g/mol. The number of aldehydes is 1. The first-order chi connectivity index (χ1) is 7.52. The fourth-order valence-electron chi connectivity index (χ4n) is 2.02. The van der Waals surface area contributed by atoms with Crippen molar-refractivity contribution in [2.75, 3.05) is 0 Å². The van der Waals surface area contributed by atoms with E-state index in [9.17, 15) is 9.59 Å². The second-order valence-corrected chi connectivity index (χ2v) is 4.30. The van der Waals surface area contributed by atoms with Gasteiger partial charge in [0.2, 0.25) is 0 Å². The zero-order valence-corrected chi connectivity index (χ0v) is 9.43. The van der Waals surface area contributed by atoms with E-state index in [0.29, 0.717) is 19.1 Å². The third-order valence-electron chi connectivity index (χ3n) is 2.82. The molecule has 1 unspecified atom stereocenters. The van der Waals surface area contributed by atoms with E-state index in [1.807, 2.05) is 18.2 Å². The first kappa shape index (κ1) is 12.8. The zero-order chi connectivity index (χ0) is 12.2. The smallest absolute Gasteiger partial charge is 0.159 e. The number of allylic oxidation sites excluding steroid dienone is 4. The molecule has 16 heavy (non-hydrogen) atoms. The van der Waals surface area contributed by atoms with Crippen LogP contribution in [0, 0.1) is 5.41 Å². The highest BCUT2D eigenvalue weighted by atomic mass is 16.1. The van der Waals surface area contributed by atoms with E-state index in [1.54, 1.807) is 13.0 Å². The molecule has 1 aliphatic rings. The van der Waals surface area contributed by atoms with Gasteiger partial charge in [-0.1, -0.05) is 24.3 Å². The van der Waals surface area contributed by atoms with Crippen LogP contribution in [-0.2, 0) is 9.59 Å². The first-order valence-corrected chi connectivity index (χ1v) is 5.37. The van der Waals surface area contributed by atoms with E-state index in [-0.39, 0.29) is 5.78 Å². The Kier molecular flexibility index (Phi) is 4.15. The molecule has 0 saturated carbocycles. The molecule has 0 aromatic heterocycles. The van der Waals surface area contributed by atoms with Gasteiger partial charge in [-0.25, -0.2) is 0 Å². The zero-order valence-electron chi connectivity index (χ0n) is 9.43. The van der Waals surface area contributed by atoms with Crippen LogP contribution in [0.25, 0.3) is 0 Å². The maximum atomic E-state index is 12.1. The molecule has 4 nitrogen and oxygen atoms in total. The Bertz CT molecular complexity index is 334. The van der Waals surface area contributed by atoms with Gasteiger partial charge in [0, 0.05) is 0 Å². The van der Waals surface area contributed by atoms with Crippen molar-refractivity contribution >= 4 is 12.1 Å². The van der Waals surface area contributed by atoms with Crippen molar-refractivity contribution in [2.45, 2.75) is 31.8 Å². The Morgan fingerprint density at radius 3 is 2.62 bits per heavy atom. The van der Waals surface area contributed by atoms with Crippen molar-refractivity contribution in [3.05, 3.63) is 24.3 Å². The standard InChI is InChI=1S/C12H18N2O2/c1-9(13)11(16)12(7-10(14)8-15)5-3-2-4-6-12/h2-5,8-10H,6-7,13-14H2,1H3/t9-,10-,12?/m0/s1. The summed E-state index contributed by atoms with van der Waals surface area (Å²) in [5, 5.41) is 0. The highest BCUT2D eigenvalue weighted by Crippen LogP contribution is 2.34. The largest absolute Gasteiger partial charge is 0.322 e. The second-order valence-electron chi connectivity index (χ2n) is 4.30. The van der Waals surface area contributed by atoms with Gasteiger partial charge in [-0.3, -0.25) is 4.79 Å². The molecule has 0 heterocycles. The number of hydrogen-bond donors (Lipinski definition) is 2. The predicted octanol–water partition coefficient (Wildman–Crippen LogP) is 0.321. The van der Waals surface area contributed by atoms with Gasteiger partial charge >= 0.3 is 0 Å². The monoisotopic (exact) mass is 222 g/mol. The second kappa shape index (κ2) is 5.18. The maximum absolute atomic E-state index is 12.1. The maximum Gasteiger partial charge on any atom is 0.159 e. The van der Waals surface area contributed by atoms with Crippen molar-refractivity contribution in [1.29, 1.82) is 0 Å². The predicted molar refractivity (Wildman–Crippen MR) is 62.6 cm³/mol. The molecule has 4 N–H and O–H groups in total. The van der Waals surface area contributed by atoms with E-state index in [1.165, 1.54) is 0 Å². The number of Topliss-reactive ketones (excluding diaryl/α,β-unsaturated/α-hetero) is 1. The average Bonchev–Trinajstić information content (AvgIpc) is 2.29. The van der Waals surface area contributed by atoms with Crippen LogP contribution < -0.4 is 11.5 Å². The van der Waals surface area contributed by atoms with Crippen molar-refractivity contribution in [1.82, 2.24) is 0 Å². The van der Waals surface area contributed by atoms with E-state index < -0.39 is 17.5 Å². The van der Waals surface area contributed by atoms with Gasteiger partial charge in [0.05, 0.1) is 17.5 Å². The van der Waals surface area contributed by atoms with Crippen molar-refractivity contribution in [3.8, 4) is 0 Å². The summed E-state index contributed by atoms with van der Waals surface area (Å²) in [6.45, 7) is 1.66. The Morgan fingerprint density at radius 1 is 1.50 bits per heavy atom. The molecule has 0 aromatic rings. The quantitative estimate of drug-likeness (QED) is 0.656. The number of nitrogens with two attached hydrogens (primary N) is 2. The van der Waals surface area contributed by atoms with Gasteiger partial charge in [0.25, 0.3) is 0 Å². The normalized spacial score (nSPS) is 27.4. The Balaban J connectivity index is 2.93. The molecule has 3 atom stereocenters. The van der Waals surface area contributed by atoms with Crippen LogP contribution in [0.1, 0.15) is 19.8 Å². The van der Waals surface area contributed by atoms with Crippen LogP contribution in [0.3, 0.4) is 0 Å².